The third kappa shape index (κ3) is 9.03. The Morgan fingerprint density at radius 3 is 1.85 bits per heavy atom. The lowest BCUT2D eigenvalue weighted by molar-refractivity contribution is -0.151. The molecule has 2 amide bonds. The Hall–Kier alpha value is -3.72. The van der Waals surface area contributed by atoms with Crippen molar-refractivity contribution in [1.29, 1.82) is 0 Å². The zero-order chi connectivity index (χ0) is 24.9. The van der Waals surface area contributed by atoms with Gasteiger partial charge in [-0.25, -0.2) is 4.79 Å². The molecule has 0 bridgehead atoms. The number of ether oxygens (including phenoxy) is 2. The number of amides is 2. The molecule has 0 fully saturated rings. The topological polar surface area (TPSA) is 137 Å². The highest BCUT2D eigenvalue weighted by atomic mass is 16.5. The van der Waals surface area contributed by atoms with Gasteiger partial charge in [0.1, 0.15) is 25.3 Å². The van der Waals surface area contributed by atoms with Crippen molar-refractivity contribution >= 4 is 23.8 Å². The maximum atomic E-state index is 12.9. The fraction of sp³-hybridized carbons (Fsp3) is 0.360. The van der Waals surface area contributed by atoms with Crippen molar-refractivity contribution in [2.45, 2.75) is 45.6 Å². The summed E-state index contributed by atoms with van der Waals surface area (Å²) in [7, 11) is 0. The fourth-order valence-electron chi connectivity index (χ4n) is 3.00. The summed E-state index contributed by atoms with van der Waals surface area (Å²) in [5.41, 5.74) is 6.93. The SMILES string of the molecule is CC(C)[C@H](NC(=O)[C@@H](CC(=O)OCc1ccccc1)NC(=O)CN)C(=O)OCc1ccccc1. The maximum Gasteiger partial charge on any atom is 0.329 e. The molecule has 2 rings (SSSR count). The van der Waals surface area contributed by atoms with Crippen LogP contribution in [0, 0.1) is 5.92 Å². The van der Waals surface area contributed by atoms with Gasteiger partial charge in [0.15, 0.2) is 0 Å². The van der Waals surface area contributed by atoms with Crippen LogP contribution in [0.5, 0.6) is 0 Å². The highest BCUT2D eigenvalue weighted by Gasteiger charge is 2.31. The van der Waals surface area contributed by atoms with Gasteiger partial charge in [0.25, 0.3) is 0 Å². The Balaban J connectivity index is 2.00. The lowest BCUT2D eigenvalue weighted by atomic mass is 10.0. The van der Waals surface area contributed by atoms with E-state index in [1.807, 2.05) is 48.5 Å². The Morgan fingerprint density at radius 2 is 1.35 bits per heavy atom. The van der Waals surface area contributed by atoms with Gasteiger partial charge in [-0.1, -0.05) is 74.5 Å². The zero-order valence-corrected chi connectivity index (χ0v) is 19.4. The predicted octanol–water partition coefficient (Wildman–Crippen LogP) is 1.45. The van der Waals surface area contributed by atoms with Crippen LogP contribution in [0.3, 0.4) is 0 Å². The molecule has 9 heteroatoms. The molecule has 0 spiro atoms. The van der Waals surface area contributed by atoms with Gasteiger partial charge >= 0.3 is 11.9 Å². The highest BCUT2D eigenvalue weighted by Crippen LogP contribution is 2.09. The lowest BCUT2D eigenvalue weighted by Gasteiger charge is -2.24. The molecule has 0 saturated heterocycles. The zero-order valence-electron chi connectivity index (χ0n) is 19.4. The van der Waals surface area contributed by atoms with Gasteiger partial charge in [0, 0.05) is 0 Å². The summed E-state index contributed by atoms with van der Waals surface area (Å²) < 4.78 is 10.6. The van der Waals surface area contributed by atoms with Gasteiger partial charge in [-0.2, -0.15) is 0 Å². The van der Waals surface area contributed by atoms with E-state index in [1.165, 1.54) is 0 Å². The van der Waals surface area contributed by atoms with E-state index in [4.69, 9.17) is 15.2 Å². The molecule has 0 heterocycles. The standard InChI is InChI=1S/C25H31N3O6/c1-17(2)23(25(32)34-16-19-11-7-4-8-12-19)28-24(31)20(27-21(29)14-26)13-22(30)33-15-18-9-5-3-6-10-18/h3-12,17,20,23H,13-16,26H2,1-2H3,(H,27,29)(H,28,31)/t20-,23+/m1/s1. The maximum absolute atomic E-state index is 12.9. The molecule has 4 N–H and O–H groups in total. The number of hydrogen-bond donors (Lipinski definition) is 3. The van der Waals surface area contributed by atoms with Crippen molar-refractivity contribution in [3.63, 3.8) is 0 Å². The smallest absolute Gasteiger partial charge is 0.329 e. The number of nitrogens with two attached hydrogens (primary N) is 1. The Morgan fingerprint density at radius 1 is 0.824 bits per heavy atom. The van der Waals surface area contributed by atoms with Crippen molar-refractivity contribution < 1.29 is 28.7 Å². The van der Waals surface area contributed by atoms with Crippen LogP contribution < -0.4 is 16.4 Å². The summed E-state index contributed by atoms with van der Waals surface area (Å²) in [5, 5.41) is 4.99. The summed E-state index contributed by atoms with van der Waals surface area (Å²) in [6.45, 7) is 3.21. The lowest BCUT2D eigenvalue weighted by Crippen LogP contribution is -2.54. The predicted molar refractivity (Wildman–Crippen MR) is 125 cm³/mol. The molecule has 0 aliphatic carbocycles. The summed E-state index contributed by atoms with van der Waals surface area (Å²) >= 11 is 0. The van der Waals surface area contributed by atoms with Crippen LogP contribution in [0.25, 0.3) is 0 Å². The van der Waals surface area contributed by atoms with Crippen molar-refractivity contribution in [3.8, 4) is 0 Å². The van der Waals surface area contributed by atoms with Crippen molar-refractivity contribution in [1.82, 2.24) is 10.6 Å². The third-order valence-electron chi connectivity index (χ3n) is 4.89. The Bertz CT molecular complexity index is 950. The van der Waals surface area contributed by atoms with E-state index in [1.54, 1.807) is 26.0 Å². The van der Waals surface area contributed by atoms with Crippen LogP contribution in [0.15, 0.2) is 60.7 Å². The minimum absolute atomic E-state index is 0.0271. The first-order valence-electron chi connectivity index (χ1n) is 11.0. The van der Waals surface area contributed by atoms with Crippen molar-refractivity contribution in [3.05, 3.63) is 71.8 Å². The monoisotopic (exact) mass is 469 g/mol. The summed E-state index contributed by atoms with van der Waals surface area (Å²) in [6.07, 6.45) is -0.422. The van der Waals surface area contributed by atoms with Gasteiger partial charge in [-0.05, 0) is 17.0 Å². The molecule has 0 aliphatic rings. The highest BCUT2D eigenvalue weighted by molar-refractivity contribution is 5.93. The van der Waals surface area contributed by atoms with E-state index in [9.17, 15) is 19.2 Å². The average molecular weight is 470 g/mol. The van der Waals surface area contributed by atoms with Crippen LogP contribution in [0.4, 0.5) is 0 Å². The third-order valence-corrected chi connectivity index (χ3v) is 4.89. The van der Waals surface area contributed by atoms with Crippen molar-refractivity contribution in [2.75, 3.05) is 6.54 Å². The van der Waals surface area contributed by atoms with E-state index in [2.05, 4.69) is 10.6 Å². The minimum Gasteiger partial charge on any atom is -0.461 e. The van der Waals surface area contributed by atoms with E-state index >= 15 is 0 Å². The molecule has 182 valence electrons. The number of rotatable bonds is 12. The number of hydrogen-bond acceptors (Lipinski definition) is 7. The molecule has 9 nitrogen and oxygen atoms in total. The van der Waals surface area contributed by atoms with E-state index < -0.39 is 42.3 Å². The number of carbonyl (C=O) groups is 4. The Labute approximate surface area is 199 Å². The second kappa shape index (κ2) is 13.7. The first-order chi connectivity index (χ1) is 16.3. The average Bonchev–Trinajstić information content (AvgIpc) is 2.85. The molecule has 0 aliphatic heterocycles. The molecular weight excluding hydrogens is 438 g/mol. The molecule has 34 heavy (non-hydrogen) atoms. The van der Waals surface area contributed by atoms with Crippen LogP contribution in [-0.2, 0) is 41.9 Å². The summed E-state index contributed by atoms with van der Waals surface area (Å²) in [4.78, 5) is 49.7. The van der Waals surface area contributed by atoms with Gasteiger partial charge in [0.2, 0.25) is 11.8 Å². The number of nitrogens with one attached hydrogen (secondary N) is 2. The van der Waals surface area contributed by atoms with E-state index in [0.717, 1.165) is 11.1 Å². The van der Waals surface area contributed by atoms with Gasteiger partial charge in [-0.3, -0.25) is 14.4 Å². The Kier molecular flexibility index (Phi) is 10.7. The second-order valence-electron chi connectivity index (χ2n) is 8.00. The largest absolute Gasteiger partial charge is 0.461 e. The van der Waals surface area contributed by atoms with Crippen LogP contribution in [0.1, 0.15) is 31.4 Å². The van der Waals surface area contributed by atoms with Crippen molar-refractivity contribution in [2.24, 2.45) is 11.7 Å². The van der Waals surface area contributed by atoms with E-state index in [-0.39, 0.29) is 25.7 Å². The molecule has 0 unspecified atom stereocenters. The summed E-state index contributed by atoms with van der Waals surface area (Å²) in [6, 6.07) is 15.9. The number of benzene rings is 2. The number of esters is 2. The van der Waals surface area contributed by atoms with Crippen LogP contribution in [-0.4, -0.2) is 42.4 Å². The minimum atomic E-state index is -1.26. The first-order valence-corrected chi connectivity index (χ1v) is 11.0. The van der Waals surface area contributed by atoms with Crippen LogP contribution in [0.2, 0.25) is 0 Å². The fourth-order valence-corrected chi connectivity index (χ4v) is 3.00. The van der Waals surface area contributed by atoms with Gasteiger partial charge < -0.3 is 25.8 Å². The molecule has 2 aromatic carbocycles. The summed E-state index contributed by atoms with van der Waals surface area (Å²) in [5.74, 6) is -2.95. The normalized spacial score (nSPS) is 12.4. The molecule has 2 atom stereocenters. The molecule has 0 aromatic heterocycles. The molecule has 0 radical (unpaired) electrons. The molecular formula is C25H31N3O6. The second-order valence-corrected chi connectivity index (χ2v) is 8.00. The molecule has 2 aromatic rings. The van der Waals surface area contributed by atoms with E-state index in [0.29, 0.717) is 0 Å². The van der Waals surface area contributed by atoms with Gasteiger partial charge in [-0.15, -0.1) is 0 Å². The quantitative estimate of drug-likeness (QED) is 0.400. The first kappa shape index (κ1) is 26.5. The number of carbonyl (C=O) groups excluding carboxylic acids is 4. The van der Waals surface area contributed by atoms with Gasteiger partial charge in [0.05, 0.1) is 13.0 Å². The molecule has 0 saturated carbocycles. The van der Waals surface area contributed by atoms with Crippen LogP contribution >= 0.6 is 0 Å².